The van der Waals surface area contributed by atoms with E-state index in [4.69, 9.17) is 9.47 Å². The van der Waals surface area contributed by atoms with Crippen LogP contribution in [0, 0.1) is 0 Å². The molecule has 1 aromatic heterocycles. The summed E-state index contributed by atoms with van der Waals surface area (Å²) >= 11 is 0. The van der Waals surface area contributed by atoms with E-state index in [-0.39, 0.29) is 18.6 Å². The normalized spacial score (nSPS) is 19.2. The number of benzene rings is 1. The second-order valence-corrected chi connectivity index (χ2v) is 6.87. The first-order valence-electron chi connectivity index (χ1n) is 9.40. The summed E-state index contributed by atoms with van der Waals surface area (Å²) in [5, 5.41) is 14.6. The van der Waals surface area contributed by atoms with Gasteiger partial charge in [0.25, 0.3) is 0 Å². The number of tetrazole rings is 1. The Kier molecular flexibility index (Phi) is 5.47. The van der Waals surface area contributed by atoms with Crippen molar-refractivity contribution < 1.29 is 14.3 Å². The number of aromatic nitrogens is 4. The van der Waals surface area contributed by atoms with Gasteiger partial charge in [-0.1, -0.05) is 12.1 Å². The number of carbonyl (C=O) groups is 1. The summed E-state index contributed by atoms with van der Waals surface area (Å²) in [7, 11) is 0. The molecule has 2 aromatic rings. The summed E-state index contributed by atoms with van der Waals surface area (Å²) in [6.07, 6.45) is 3.02. The van der Waals surface area contributed by atoms with Crippen LogP contribution in [0.25, 0.3) is 0 Å². The van der Waals surface area contributed by atoms with Crippen LogP contribution in [0.2, 0.25) is 0 Å². The Hall–Kier alpha value is -2.68. The number of amides is 1. The molecule has 9 heteroatoms. The van der Waals surface area contributed by atoms with Gasteiger partial charge in [-0.25, -0.2) is 4.68 Å². The van der Waals surface area contributed by atoms with Crippen LogP contribution in [0.5, 0.6) is 11.5 Å². The predicted octanol–water partition coefficient (Wildman–Crippen LogP) is 0.615. The first-order valence-corrected chi connectivity index (χ1v) is 9.40. The Labute approximate surface area is 157 Å². The summed E-state index contributed by atoms with van der Waals surface area (Å²) in [4.78, 5) is 14.5. The molecule has 1 atom stereocenters. The van der Waals surface area contributed by atoms with E-state index >= 15 is 0 Å². The molecule has 3 heterocycles. The van der Waals surface area contributed by atoms with Gasteiger partial charge in [0, 0.05) is 13.0 Å². The van der Waals surface area contributed by atoms with Crippen molar-refractivity contribution in [2.45, 2.75) is 38.5 Å². The maximum Gasteiger partial charge on any atom is 0.241 e. The van der Waals surface area contributed by atoms with Crippen LogP contribution in [0.15, 0.2) is 24.3 Å². The van der Waals surface area contributed by atoms with E-state index < -0.39 is 0 Å². The van der Waals surface area contributed by atoms with Crippen molar-refractivity contribution in [1.82, 2.24) is 30.4 Å². The zero-order valence-corrected chi connectivity index (χ0v) is 15.2. The Morgan fingerprint density at radius 1 is 1.22 bits per heavy atom. The highest BCUT2D eigenvalue weighted by Gasteiger charge is 2.21. The molecule has 144 valence electrons. The zero-order valence-electron chi connectivity index (χ0n) is 15.2. The predicted molar refractivity (Wildman–Crippen MR) is 96.3 cm³/mol. The van der Waals surface area contributed by atoms with Crippen LogP contribution in [0.3, 0.4) is 0 Å². The molecule has 9 nitrogen and oxygen atoms in total. The van der Waals surface area contributed by atoms with Crippen molar-refractivity contribution in [3.05, 3.63) is 30.1 Å². The molecule has 1 aromatic carbocycles. The molecule has 1 fully saturated rings. The molecule has 0 saturated carbocycles. The van der Waals surface area contributed by atoms with Crippen molar-refractivity contribution >= 4 is 5.91 Å². The Morgan fingerprint density at radius 2 is 2.04 bits per heavy atom. The minimum absolute atomic E-state index is 0.0704. The molecule has 0 unspecified atom stereocenters. The number of para-hydroxylation sites is 2. The standard InChI is InChI=1S/C18H24N6O3/c25-18(12-24-17(20-21-22-24)11-23-9-3-4-10-23)19-8-7-14-13-26-15-5-1-2-6-16(15)27-14/h1-2,5-6,14H,3-4,7-13H2,(H,19,25)/t14-/m1/s1. The third-order valence-corrected chi connectivity index (χ3v) is 4.82. The molecular formula is C18H24N6O3. The fraction of sp³-hybridized carbons (Fsp3) is 0.556. The number of likely N-dealkylation sites (tertiary alicyclic amines) is 1. The van der Waals surface area contributed by atoms with Crippen LogP contribution < -0.4 is 14.8 Å². The molecule has 27 heavy (non-hydrogen) atoms. The van der Waals surface area contributed by atoms with Crippen molar-refractivity contribution in [1.29, 1.82) is 0 Å². The molecule has 4 rings (SSSR count). The molecule has 1 saturated heterocycles. The maximum atomic E-state index is 12.2. The van der Waals surface area contributed by atoms with Gasteiger partial charge in [-0.15, -0.1) is 5.10 Å². The minimum Gasteiger partial charge on any atom is -0.486 e. The van der Waals surface area contributed by atoms with Gasteiger partial charge in [0.1, 0.15) is 19.3 Å². The lowest BCUT2D eigenvalue weighted by Gasteiger charge is -2.26. The largest absolute Gasteiger partial charge is 0.486 e. The summed E-state index contributed by atoms with van der Waals surface area (Å²) in [6, 6.07) is 7.61. The lowest BCUT2D eigenvalue weighted by molar-refractivity contribution is -0.122. The second-order valence-electron chi connectivity index (χ2n) is 6.87. The van der Waals surface area contributed by atoms with E-state index in [2.05, 4.69) is 25.7 Å². The monoisotopic (exact) mass is 372 g/mol. The number of ether oxygens (including phenoxy) is 2. The van der Waals surface area contributed by atoms with Crippen LogP contribution in [-0.2, 0) is 17.9 Å². The highest BCUT2D eigenvalue weighted by Crippen LogP contribution is 2.31. The number of nitrogens with one attached hydrogen (secondary N) is 1. The van der Waals surface area contributed by atoms with Gasteiger partial charge in [0.05, 0.1) is 6.54 Å². The fourth-order valence-electron chi connectivity index (χ4n) is 3.37. The number of fused-ring (bicyclic) bond motifs is 1. The van der Waals surface area contributed by atoms with Crippen molar-refractivity contribution in [3.8, 4) is 11.5 Å². The molecule has 0 bridgehead atoms. The highest BCUT2D eigenvalue weighted by atomic mass is 16.6. The lowest BCUT2D eigenvalue weighted by Crippen LogP contribution is -2.35. The number of carbonyl (C=O) groups excluding carboxylic acids is 1. The first kappa shape index (κ1) is 17.7. The summed E-state index contributed by atoms with van der Waals surface area (Å²) in [5.41, 5.74) is 0. The highest BCUT2D eigenvalue weighted by molar-refractivity contribution is 5.75. The van der Waals surface area contributed by atoms with Gasteiger partial charge in [-0.05, 0) is 48.5 Å². The summed E-state index contributed by atoms with van der Waals surface area (Å²) < 4.78 is 13.2. The van der Waals surface area contributed by atoms with E-state index in [1.165, 1.54) is 12.8 Å². The number of hydrogen-bond donors (Lipinski definition) is 1. The van der Waals surface area contributed by atoms with Gasteiger partial charge in [-0.3, -0.25) is 9.69 Å². The third-order valence-electron chi connectivity index (χ3n) is 4.82. The van der Waals surface area contributed by atoms with Crippen LogP contribution >= 0.6 is 0 Å². The van der Waals surface area contributed by atoms with E-state index in [9.17, 15) is 4.79 Å². The second kappa shape index (κ2) is 8.34. The average Bonchev–Trinajstić information content (AvgIpc) is 3.34. The smallest absolute Gasteiger partial charge is 0.241 e. The number of hydrogen-bond acceptors (Lipinski definition) is 7. The molecule has 0 aliphatic carbocycles. The molecular weight excluding hydrogens is 348 g/mol. The van der Waals surface area contributed by atoms with Crippen LogP contribution in [0.1, 0.15) is 25.1 Å². The molecule has 1 amide bonds. The zero-order chi connectivity index (χ0) is 18.5. The number of nitrogens with zero attached hydrogens (tertiary/aromatic N) is 5. The third kappa shape index (κ3) is 4.54. The van der Waals surface area contributed by atoms with E-state index in [0.29, 0.717) is 26.1 Å². The first-order chi connectivity index (χ1) is 13.3. The van der Waals surface area contributed by atoms with E-state index in [0.717, 1.165) is 30.4 Å². The Morgan fingerprint density at radius 3 is 2.89 bits per heavy atom. The molecule has 1 N–H and O–H groups in total. The average molecular weight is 372 g/mol. The summed E-state index contributed by atoms with van der Waals surface area (Å²) in [5.74, 6) is 2.14. The van der Waals surface area contributed by atoms with Crippen molar-refractivity contribution in [3.63, 3.8) is 0 Å². The lowest BCUT2D eigenvalue weighted by atomic mass is 10.2. The van der Waals surface area contributed by atoms with Gasteiger partial charge in [0.2, 0.25) is 5.91 Å². The van der Waals surface area contributed by atoms with Gasteiger partial charge >= 0.3 is 0 Å². The van der Waals surface area contributed by atoms with Gasteiger partial charge in [0.15, 0.2) is 17.3 Å². The fourth-order valence-corrected chi connectivity index (χ4v) is 3.37. The van der Waals surface area contributed by atoms with Crippen molar-refractivity contribution in [2.24, 2.45) is 0 Å². The minimum atomic E-state index is -0.109. The summed E-state index contributed by atoms with van der Waals surface area (Å²) in [6.45, 7) is 3.93. The molecule has 2 aliphatic rings. The van der Waals surface area contributed by atoms with E-state index in [1.54, 1.807) is 4.68 Å². The van der Waals surface area contributed by atoms with E-state index in [1.807, 2.05) is 24.3 Å². The Bertz CT molecular complexity index is 774. The number of rotatable bonds is 7. The topological polar surface area (TPSA) is 94.4 Å². The Balaban J connectivity index is 1.21. The molecule has 0 spiro atoms. The van der Waals surface area contributed by atoms with Gasteiger partial charge < -0.3 is 14.8 Å². The maximum absolute atomic E-state index is 12.2. The molecule has 0 radical (unpaired) electrons. The van der Waals surface area contributed by atoms with Gasteiger partial charge in [-0.2, -0.15) is 0 Å². The SMILES string of the molecule is O=C(Cn1nnnc1CN1CCCC1)NCC[C@@H]1COc2ccccc2O1. The van der Waals surface area contributed by atoms with Crippen LogP contribution in [-0.4, -0.2) is 63.4 Å². The molecule has 2 aliphatic heterocycles. The van der Waals surface area contributed by atoms with Crippen molar-refractivity contribution in [2.75, 3.05) is 26.2 Å². The van der Waals surface area contributed by atoms with Crippen LogP contribution in [0.4, 0.5) is 0 Å². The quantitative estimate of drug-likeness (QED) is 0.761.